The molecule has 0 aromatic heterocycles. The average molecular weight is 256 g/mol. The minimum atomic E-state index is -0.566. The molecule has 19 heavy (non-hydrogen) atoms. The second-order valence-electron chi connectivity index (χ2n) is 4.89. The van der Waals surface area contributed by atoms with Crippen LogP contribution in [-0.2, 0) is 0 Å². The van der Waals surface area contributed by atoms with Gasteiger partial charge in [0.2, 0.25) is 0 Å². The zero-order chi connectivity index (χ0) is 13.8. The van der Waals surface area contributed by atoms with Gasteiger partial charge in [-0.3, -0.25) is 0 Å². The topological polar surface area (TPSA) is 58.3 Å². The molecule has 0 radical (unpaired) electrons. The molecule has 1 unspecified atom stereocenters. The van der Waals surface area contributed by atoms with Crippen molar-refractivity contribution in [2.45, 2.75) is 20.0 Å². The highest BCUT2D eigenvalue weighted by Gasteiger charge is 2.08. The Morgan fingerprint density at radius 1 is 1.16 bits per heavy atom. The number of rotatable bonds is 4. The van der Waals surface area contributed by atoms with Gasteiger partial charge in [-0.2, -0.15) is 0 Å². The molecule has 0 spiro atoms. The van der Waals surface area contributed by atoms with Gasteiger partial charge < -0.3 is 16.2 Å². The Hall–Kier alpha value is -2.00. The minimum Gasteiger partial charge on any atom is -0.399 e. The van der Waals surface area contributed by atoms with Gasteiger partial charge in [0.05, 0.1) is 6.10 Å². The van der Waals surface area contributed by atoms with Gasteiger partial charge in [0, 0.05) is 17.9 Å². The highest BCUT2D eigenvalue weighted by atomic mass is 16.3. The number of aliphatic hydroxyl groups is 1. The number of nitrogen functional groups attached to an aromatic ring is 1. The summed E-state index contributed by atoms with van der Waals surface area (Å²) in [4.78, 5) is 0. The number of hydrogen-bond donors (Lipinski definition) is 3. The first kappa shape index (κ1) is 13.4. The maximum absolute atomic E-state index is 10.1. The monoisotopic (exact) mass is 256 g/mol. The third-order valence-electron chi connectivity index (χ3n) is 3.16. The smallest absolute Gasteiger partial charge is 0.0963 e. The summed E-state index contributed by atoms with van der Waals surface area (Å²) in [6, 6.07) is 13.6. The van der Waals surface area contributed by atoms with Crippen molar-refractivity contribution in [2.24, 2.45) is 0 Å². The Morgan fingerprint density at radius 2 is 1.95 bits per heavy atom. The Balaban J connectivity index is 2.02. The predicted molar refractivity (Wildman–Crippen MR) is 80.2 cm³/mol. The number of aliphatic hydroxyl groups excluding tert-OH is 1. The molecule has 0 aliphatic rings. The fraction of sp³-hybridized carbons (Fsp3) is 0.250. The molecule has 0 bridgehead atoms. The fourth-order valence-corrected chi connectivity index (χ4v) is 2.10. The first-order valence-corrected chi connectivity index (χ1v) is 6.41. The standard InChI is InChI=1S/C16H20N2O/c1-11-6-7-15(12(2)8-11)18-10-16(19)13-4-3-5-14(17)9-13/h3-9,16,18-19H,10,17H2,1-2H3. The highest BCUT2D eigenvalue weighted by molar-refractivity contribution is 5.52. The van der Waals surface area contributed by atoms with Crippen LogP contribution < -0.4 is 11.1 Å². The minimum absolute atomic E-state index is 0.466. The first-order chi connectivity index (χ1) is 9.06. The van der Waals surface area contributed by atoms with Crippen molar-refractivity contribution in [3.63, 3.8) is 0 Å². The molecule has 2 aromatic rings. The van der Waals surface area contributed by atoms with Crippen LogP contribution in [0.2, 0.25) is 0 Å². The lowest BCUT2D eigenvalue weighted by Gasteiger charge is -2.15. The maximum atomic E-state index is 10.1. The van der Waals surface area contributed by atoms with E-state index in [0.29, 0.717) is 12.2 Å². The van der Waals surface area contributed by atoms with Crippen LogP contribution in [0.15, 0.2) is 42.5 Å². The molecule has 4 N–H and O–H groups in total. The van der Waals surface area contributed by atoms with Crippen LogP contribution in [0.5, 0.6) is 0 Å². The van der Waals surface area contributed by atoms with Gasteiger partial charge in [0.15, 0.2) is 0 Å². The third-order valence-corrected chi connectivity index (χ3v) is 3.16. The van der Waals surface area contributed by atoms with Gasteiger partial charge in [-0.25, -0.2) is 0 Å². The average Bonchev–Trinajstić information content (AvgIpc) is 2.37. The Labute approximate surface area is 114 Å². The van der Waals surface area contributed by atoms with E-state index in [0.717, 1.165) is 11.3 Å². The van der Waals surface area contributed by atoms with Crippen LogP contribution >= 0.6 is 0 Å². The molecular formula is C16H20N2O. The van der Waals surface area contributed by atoms with Crippen molar-refractivity contribution in [3.8, 4) is 0 Å². The van der Waals surface area contributed by atoms with Gasteiger partial charge in [0.1, 0.15) is 0 Å². The van der Waals surface area contributed by atoms with E-state index in [1.807, 2.05) is 24.3 Å². The largest absolute Gasteiger partial charge is 0.399 e. The number of nitrogens with two attached hydrogens (primary N) is 1. The summed E-state index contributed by atoms with van der Waals surface area (Å²) in [7, 11) is 0. The molecule has 100 valence electrons. The van der Waals surface area contributed by atoms with E-state index in [-0.39, 0.29) is 0 Å². The van der Waals surface area contributed by atoms with Crippen molar-refractivity contribution < 1.29 is 5.11 Å². The van der Waals surface area contributed by atoms with Crippen molar-refractivity contribution >= 4 is 11.4 Å². The Morgan fingerprint density at radius 3 is 2.63 bits per heavy atom. The summed E-state index contributed by atoms with van der Waals surface area (Å²) < 4.78 is 0. The molecule has 0 aliphatic carbocycles. The fourth-order valence-electron chi connectivity index (χ4n) is 2.10. The van der Waals surface area contributed by atoms with Gasteiger partial charge >= 0.3 is 0 Å². The summed E-state index contributed by atoms with van der Waals surface area (Å²) >= 11 is 0. The molecule has 3 nitrogen and oxygen atoms in total. The lowest BCUT2D eigenvalue weighted by molar-refractivity contribution is 0.191. The van der Waals surface area contributed by atoms with E-state index in [4.69, 9.17) is 5.73 Å². The lowest BCUT2D eigenvalue weighted by Crippen LogP contribution is -2.13. The SMILES string of the molecule is Cc1ccc(NCC(O)c2cccc(N)c2)c(C)c1. The van der Waals surface area contributed by atoms with Gasteiger partial charge in [-0.05, 0) is 43.2 Å². The van der Waals surface area contributed by atoms with E-state index in [9.17, 15) is 5.11 Å². The molecule has 0 saturated heterocycles. The molecule has 2 rings (SSSR count). The van der Waals surface area contributed by atoms with Gasteiger partial charge in [0.25, 0.3) is 0 Å². The number of benzene rings is 2. The van der Waals surface area contributed by atoms with Crippen LogP contribution in [0.1, 0.15) is 22.8 Å². The van der Waals surface area contributed by atoms with E-state index >= 15 is 0 Å². The van der Waals surface area contributed by atoms with Crippen LogP contribution in [0.25, 0.3) is 0 Å². The first-order valence-electron chi connectivity index (χ1n) is 6.41. The molecule has 0 fully saturated rings. The van der Waals surface area contributed by atoms with Gasteiger partial charge in [-0.1, -0.05) is 29.8 Å². The number of hydrogen-bond acceptors (Lipinski definition) is 3. The van der Waals surface area contributed by atoms with Gasteiger partial charge in [-0.15, -0.1) is 0 Å². The molecule has 1 atom stereocenters. The molecular weight excluding hydrogens is 236 g/mol. The number of anilines is 2. The Kier molecular flexibility index (Phi) is 4.07. The summed E-state index contributed by atoms with van der Waals surface area (Å²) in [6.07, 6.45) is -0.566. The van der Waals surface area contributed by atoms with Crippen LogP contribution in [0, 0.1) is 13.8 Å². The number of nitrogens with one attached hydrogen (secondary N) is 1. The van der Waals surface area contributed by atoms with Crippen molar-refractivity contribution in [1.29, 1.82) is 0 Å². The van der Waals surface area contributed by atoms with Crippen LogP contribution in [-0.4, -0.2) is 11.7 Å². The summed E-state index contributed by atoms with van der Waals surface area (Å²) in [6.45, 7) is 4.59. The number of aryl methyl sites for hydroxylation is 2. The van der Waals surface area contributed by atoms with Crippen LogP contribution in [0.3, 0.4) is 0 Å². The maximum Gasteiger partial charge on any atom is 0.0963 e. The summed E-state index contributed by atoms with van der Waals surface area (Å²) in [5.74, 6) is 0. The Bertz CT molecular complexity index is 566. The van der Waals surface area contributed by atoms with E-state index in [1.165, 1.54) is 11.1 Å². The quantitative estimate of drug-likeness (QED) is 0.737. The van der Waals surface area contributed by atoms with Crippen molar-refractivity contribution in [2.75, 3.05) is 17.6 Å². The zero-order valence-electron chi connectivity index (χ0n) is 11.4. The van der Waals surface area contributed by atoms with E-state index in [2.05, 4.69) is 31.3 Å². The molecule has 3 heteroatoms. The molecule has 0 saturated carbocycles. The van der Waals surface area contributed by atoms with E-state index in [1.54, 1.807) is 6.07 Å². The summed E-state index contributed by atoms with van der Waals surface area (Å²) in [5.41, 5.74) is 10.7. The summed E-state index contributed by atoms with van der Waals surface area (Å²) in [5, 5.41) is 13.4. The second kappa shape index (κ2) is 5.76. The lowest BCUT2D eigenvalue weighted by atomic mass is 10.1. The molecule has 0 amide bonds. The van der Waals surface area contributed by atoms with Crippen molar-refractivity contribution in [3.05, 3.63) is 59.2 Å². The molecule has 0 heterocycles. The highest BCUT2D eigenvalue weighted by Crippen LogP contribution is 2.19. The van der Waals surface area contributed by atoms with Crippen molar-refractivity contribution in [1.82, 2.24) is 0 Å². The van der Waals surface area contributed by atoms with E-state index < -0.39 is 6.10 Å². The third kappa shape index (κ3) is 3.48. The normalized spacial score (nSPS) is 12.2. The molecule has 0 aliphatic heterocycles. The molecule has 2 aromatic carbocycles. The zero-order valence-corrected chi connectivity index (χ0v) is 11.4. The predicted octanol–water partition coefficient (Wildman–Crippen LogP) is 3.03. The van der Waals surface area contributed by atoms with Crippen LogP contribution in [0.4, 0.5) is 11.4 Å². The second-order valence-corrected chi connectivity index (χ2v) is 4.89.